The van der Waals surface area contributed by atoms with Crippen LogP contribution in [0.1, 0.15) is 86.1 Å². The maximum Gasteiger partial charge on any atom is 0.254 e. The van der Waals surface area contributed by atoms with Crippen molar-refractivity contribution < 1.29 is 36.4 Å². The number of aromatic nitrogens is 2. The molecule has 4 N–H and O–H groups in total. The molecule has 49 heavy (non-hydrogen) atoms. The van der Waals surface area contributed by atoms with Gasteiger partial charge in [-0.2, -0.15) is 4.98 Å². The molecule has 2 amide bonds. The summed E-state index contributed by atoms with van der Waals surface area (Å²) in [6, 6.07) is 7.53. The molecule has 3 aromatic rings. The molecule has 1 unspecified atom stereocenters. The number of anilines is 1. The zero-order chi connectivity index (χ0) is 34.6. The first kappa shape index (κ1) is 33.6. The van der Waals surface area contributed by atoms with Gasteiger partial charge in [-0.25, -0.2) is 12.8 Å². The maximum absolute atomic E-state index is 15.7. The van der Waals surface area contributed by atoms with Gasteiger partial charge >= 0.3 is 0 Å². The molecule has 0 spiro atoms. The van der Waals surface area contributed by atoms with E-state index in [-0.39, 0.29) is 40.3 Å². The highest BCUT2D eigenvalue weighted by Crippen LogP contribution is 2.53. The number of morpholine rings is 1. The number of hydrogen-bond acceptors (Lipinski definition) is 11. The molecule has 1 aromatic heterocycles. The van der Waals surface area contributed by atoms with Gasteiger partial charge in [-0.05, 0) is 82.2 Å². The Morgan fingerprint density at radius 3 is 2.53 bits per heavy atom. The number of hydrogen-bond donors (Lipinski definition) is 3. The number of sulfone groups is 1. The third kappa shape index (κ3) is 6.44. The van der Waals surface area contributed by atoms with Gasteiger partial charge in [-0.1, -0.05) is 17.3 Å². The van der Waals surface area contributed by atoms with Crippen LogP contribution in [0.2, 0.25) is 0 Å². The van der Waals surface area contributed by atoms with Gasteiger partial charge in [0.1, 0.15) is 11.6 Å². The largest absolute Gasteiger partial charge is 0.491 e. The van der Waals surface area contributed by atoms with Crippen LogP contribution in [-0.2, 0) is 31.3 Å². The molecule has 13 nitrogen and oxygen atoms in total. The van der Waals surface area contributed by atoms with Crippen molar-refractivity contribution in [3.63, 3.8) is 0 Å². The second kappa shape index (κ2) is 12.8. The molecule has 3 aliphatic carbocycles. The highest BCUT2D eigenvalue weighted by molar-refractivity contribution is 7.91. The van der Waals surface area contributed by atoms with E-state index in [9.17, 15) is 18.0 Å². The van der Waals surface area contributed by atoms with E-state index in [2.05, 4.69) is 15.8 Å². The third-order valence-corrected chi connectivity index (χ3v) is 12.1. The van der Waals surface area contributed by atoms with E-state index in [1.165, 1.54) is 11.0 Å². The first-order valence-corrected chi connectivity index (χ1v) is 18.4. The molecule has 4 fully saturated rings. The summed E-state index contributed by atoms with van der Waals surface area (Å²) in [7, 11) is -4.16. The molecule has 2 atom stereocenters. The first-order chi connectivity index (χ1) is 23.4. The summed E-state index contributed by atoms with van der Waals surface area (Å²) in [6.45, 7) is 5.60. The van der Waals surface area contributed by atoms with Gasteiger partial charge in [0.2, 0.25) is 11.8 Å². The van der Waals surface area contributed by atoms with Crippen molar-refractivity contribution in [3.8, 4) is 5.75 Å². The summed E-state index contributed by atoms with van der Waals surface area (Å²) in [6.07, 6.45) is 3.95. The van der Waals surface area contributed by atoms with Crippen LogP contribution in [0.15, 0.2) is 45.8 Å². The topological polar surface area (TPSA) is 179 Å². The van der Waals surface area contributed by atoms with E-state index < -0.39 is 44.8 Å². The van der Waals surface area contributed by atoms with Crippen molar-refractivity contribution in [2.45, 2.75) is 93.0 Å². The Balaban J connectivity index is 1.12. The maximum atomic E-state index is 15.7. The molecule has 1 saturated heterocycles. The zero-order valence-corrected chi connectivity index (χ0v) is 28.4. The summed E-state index contributed by atoms with van der Waals surface area (Å²) in [5.74, 6) is -1.19. The highest BCUT2D eigenvalue weighted by Gasteiger charge is 2.53. The fourth-order valence-corrected chi connectivity index (χ4v) is 9.08. The van der Waals surface area contributed by atoms with E-state index >= 15 is 4.39 Å². The molecular formula is C34H41FN6O7S. The van der Waals surface area contributed by atoms with E-state index in [1.807, 2.05) is 13.8 Å². The zero-order valence-electron chi connectivity index (χ0n) is 27.5. The number of carbonyl (C=O) groups excluding carboxylic acids is 2. The lowest BCUT2D eigenvalue weighted by molar-refractivity contribution is -0.119. The normalized spacial score (nSPS) is 27.9. The summed E-state index contributed by atoms with van der Waals surface area (Å²) < 4.78 is 59.4. The lowest BCUT2D eigenvalue weighted by Crippen LogP contribution is -2.58. The Kier molecular flexibility index (Phi) is 8.74. The van der Waals surface area contributed by atoms with Crippen molar-refractivity contribution in [2.24, 2.45) is 5.73 Å². The average molecular weight is 697 g/mol. The highest BCUT2D eigenvalue weighted by atomic mass is 32.2. The number of halogens is 1. The quantitative estimate of drug-likeness (QED) is 0.315. The predicted molar refractivity (Wildman–Crippen MR) is 175 cm³/mol. The third-order valence-electron chi connectivity index (χ3n) is 10.3. The molecule has 15 heteroatoms. The number of nitrogens with two attached hydrogens (primary N) is 1. The second-order valence-corrected chi connectivity index (χ2v) is 16.0. The van der Waals surface area contributed by atoms with Crippen LogP contribution in [0, 0.1) is 5.82 Å². The van der Waals surface area contributed by atoms with Gasteiger partial charge in [0.15, 0.2) is 15.7 Å². The summed E-state index contributed by atoms with van der Waals surface area (Å²) in [5, 5.41) is 10.7. The van der Waals surface area contributed by atoms with Gasteiger partial charge in [0.25, 0.3) is 5.91 Å². The molecule has 8 rings (SSSR count). The van der Waals surface area contributed by atoms with Crippen molar-refractivity contribution in [1.82, 2.24) is 20.8 Å². The molecule has 3 saturated carbocycles. The second-order valence-electron chi connectivity index (χ2n) is 14.0. The van der Waals surface area contributed by atoms with E-state index in [0.29, 0.717) is 81.3 Å². The summed E-state index contributed by atoms with van der Waals surface area (Å²) >= 11 is 0. The number of benzene rings is 2. The van der Waals surface area contributed by atoms with Gasteiger partial charge in [0, 0.05) is 17.5 Å². The minimum atomic E-state index is -4.16. The van der Waals surface area contributed by atoms with Crippen molar-refractivity contribution in [1.29, 1.82) is 0 Å². The predicted octanol–water partition coefficient (Wildman–Crippen LogP) is 3.08. The molecule has 2 aromatic carbocycles. The summed E-state index contributed by atoms with van der Waals surface area (Å²) in [4.78, 5) is 32.9. The number of ether oxygens (including phenoxy) is 2. The van der Waals surface area contributed by atoms with Crippen molar-refractivity contribution in [3.05, 3.63) is 65.1 Å². The van der Waals surface area contributed by atoms with Gasteiger partial charge in [0.05, 0.1) is 59.8 Å². The number of nitrogens with one attached hydrogen (secondary N) is 2. The number of amides is 2. The minimum Gasteiger partial charge on any atom is -0.491 e. The fourth-order valence-electron chi connectivity index (χ4n) is 7.51. The lowest BCUT2D eigenvalue weighted by atomic mass is 9.57. The van der Waals surface area contributed by atoms with Crippen LogP contribution >= 0.6 is 0 Å². The molecule has 262 valence electrons. The van der Waals surface area contributed by atoms with E-state index in [0.717, 1.165) is 6.07 Å². The SMILES string of the molecule is CC(C)Oc1ccc(CN2C(=O)[C@@H](N)CS(=O)(=O)c3cc(F)c(C(=O)NC45CCC(c6nc(C7COCCN7)no6)(CC4)CC5)cc32)cc1. The van der Waals surface area contributed by atoms with Crippen molar-refractivity contribution >= 4 is 27.3 Å². The van der Waals surface area contributed by atoms with Gasteiger partial charge in [-0.15, -0.1) is 0 Å². The van der Waals surface area contributed by atoms with Crippen LogP contribution in [0.25, 0.3) is 0 Å². The Morgan fingerprint density at radius 1 is 1.16 bits per heavy atom. The standard InChI is InChI=1S/C34H41FN6O7S/c1-20(2)47-22-5-3-21(4-6-22)17-41-27-15-23(24(35)16-28(27)49(44,45)19-25(36)31(41)43)30(42)39-34-10-7-33(8-11-34,9-12-34)32-38-29(40-48-32)26-18-46-14-13-37-26/h3-6,15-16,20,25-26,37H,7-14,17-19,36H2,1-2H3,(H,39,42)/t25-,26?,33?,34?/m0/s1. The number of nitrogens with zero attached hydrogens (tertiary/aromatic N) is 3. The smallest absolute Gasteiger partial charge is 0.254 e. The lowest BCUT2D eigenvalue weighted by Gasteiger charge is -2.52. The Morgan fingerprint density at radius 2 is 1.88 bits per heavy atom. The fraction of sp³-hybridized carbons (Fsp3) is 0.529. The Labute approximate surface area is 284 Å². The van der Waals surface area contributed by atoms with Gasteiger partial charge < -0.3 is 35.3 Å². The molecular weight excluding hydrogens is 655 g/mol. The molecule has 5 aliphatic rings. The van der Waals surface area contributed by atoms with E-state index in [1.54, 1.807) is 24.3 Å². The van der Waals surface area contributed by atoms with Crippen LogP contribution in [0.5, 0.6) is 5.75 Å². The Bertz CT molecular complexity index is 1830. The number of fused-ring (bicyclic) bond motifs is 4. The number of rotatable bonds is 8. The average Bonchev–Trinajstić information content (AvgIpc) is 3.58. The van der Waals surface area contributed by atoms with Gasteiger partial charge in [-0.3, -0.25) is 9.59 Å². The molecule has 2 aliphatic heterocycles. The molecule has 2 bridgehead atoms. The molecule has 0 radical (unpaired) electrons. The Hall–Kier alpha value is -3.92. The van der Waals surface area contributed by atoms with Crippen LogP contribution in [0.3, 0.4) is 0 Å². The van der Waals surface area contributed by atoms with Crippen LogP contribution in [0.4, 0.5) is 10.1 Å². The van der Waals surface area contributed by atoms with Crippen molar-refractivity contribution in [2.75, 3.05) is 30.4 Å². The summed E-state index contributed by atoms with van der Waals surface area (Å²) in [5.41, 5.74) is 5.43. The minimum absolute atomic E-state index is 0.0324. The van der Waals surface area contributed by atoms with Crippen LogP contribution in [-0.4, -0.2) is 73.6 Å². The van der Waals surface area contributed by atoms with Crippen LogP contribution < -0.4 is 26.0 Å². The first-order valence-electron chi connectivity index (χ1n) is 16.7. The number of carbonyl (C=O) groups is 2. The monoisotopic (exact) mass is 696 g/mol. The molecule has 3 heterocycles. The van der Waals surface area contributed by atoms with E-state index in [4.69, 9.17) is 24.7 Å².